The first kappa shape index (κ1) is 17.8. The summed E-state index contributed by atoms with van der Waals surface area (Å²) in [4.78, 5) is 29.6. The molecule has 1 unspecified atom stereocenters. The standard InChI is InChI=1S/C17H20N2O5S/c1-17(2,3)24-16(22)14(21)19-13(20)12-15(19)25-11(18-12)9-23-10-7-5-4-6-8-10/h4-8,12,14-15,21H,9H2,1-3H3/t12-,14?,15-/m1/s1. The molecule has 7 nitrogen and oxygen atoms in total. The van der Waals surface area contributed by atoms with E-state index in [0.717, 1.165) is 4.90 Å². The minimum absolute atomic E-state index is 0.241. The number of fused-ring (bicyclic) bond motifs is 1. The van der Waals surface area contributed by atoms with Crippen LogP contribution in [0.1, 0.15) is 20.8 Å². The molecule has 0 aromatic heterocycles. The Labute approximate surface area is 150 Å². The molecule has 3 rings (SSSR count). The Bertz CT molecular complexity index is 701. The van der Waals surface area contributed by atoms with Gasteiger partial charge in [0.1, 0.15) is 28.4 Å². The van der Waals surface area contributed by atoms with Gasteiger partial charge in [-0.2, -0.15) is 0 Å². The highest BCUT2D eigenvalue weighted by Crippen LogP contribution is 2.40. The van der Waals surface area contributed by atoms with E-state index in [9.17, 15) is 14.7 Å². The fourth-order valence-electron chi connectivity index (χ4n) is 2.50. The molecule has 0 radical (unpaired) electrons. The Morgan fingerprint density at radius 3 is 2.68 bits per heavy atom. The summed E-state index contributed by atoms with van der Waals surface area (Å²) >= 11 is 1.32. The third kappa shape index (κ3) is 3.80. The van der Waals surface area contributed by atoms with Crippen LogP contribution in [0.4, 0.5) is 0 Å². The van der Waals surface area contributed by atoms with E-state index in [1.807, 2.05) is 30.3 Å². The molecule has 25 heavy (non-hydrogen) atoms. The van der Waals surface area contributed by atoms with Crippen molar-refractivity contribution in [3.05, 3.63) is 30.3 Å². The molecule has 0 bridgehead atoms. The van der Waals surface area contributed by atoms with Crippen molar-refractivity contribution in [1.82, 2.24) is 4.90 Å². The van der Waals surface area contributed by atoms with Crippen LogP contribution in [0.3, 0.4) is 0 Å². The number of carbonyl (C=O) groups is 2. The van der Waals surface area contributed by atoms with Crippen molar-refractivity contribution in [1.29, 1.82) is 0 Å². The van der Waals surface area contributed by atoms with Crippen LogP contribution in [0.5, 0.6) is 5.75 Å². The first-order valence-electron chi connectivity index (χ1n) is 7.90. The molecule has 0 saturated carbocycles. The fraction of sp³-hybridized carbons (Fsp3) is 0.471. The van der Waals surface area contributed by atoms with Crippen molar-refractivity contribution in [2.75, 3.05) is 6.61 Å². The van der Waals surface area contributed by atoms with Gasteiger partial charge in [0.05, 0.1) is 0 Å². The van der Waals surface area contributed by atoms with E-state index in [0.29, 0.717) is 10.8 Å². The van der Waals surface area contributed by atoms with Crippen LogP contribution in [0.15, 0.2) is 35.3 Å². The van der Waals surface area contributed by atoms with Crippen LogP contribution >= 0.6 is 11.8 Å². The van der Waals surface area contributed by atoms with Crippen molar-refractivity contribution in [2.45, 2.75) is 44.0 Å². The number of carbonyl (C=O) groups excluding carboxylic acids is 2. The second-order valence-corrected chi connectivity index (χ2v) is 7.92. The third-order valence-electron chi connectivity index (χ3n) is 3.58. The zero-order valence-electron chi connectivity index (χ0n) is 14.2. The van der Waals surface area contributed by atoms with Crippen molar-refractivity contribution in [2.24, 2.45) is 4.99 Å². The zero-order valence-corrected chi connectivity index (χ0v) is 15.0. The second-order valence-electron chi connectivity index (χ2n) is 6.73. The number of benzene rings is 1. The number of para-hydroxylation sites is 1. The van der Waals surface area contributed by atoms with Crippen LogP contribution in [0, 0.1) is 0 Å². The molecule has 2 aliphatic rings. The number of thioether (sulfide) groups is 1. The van der Waals surface area contributed by atoms with Gasteiger partial charge in [0.15, 0.2) is 6.04 Å². The van der Waals surface area contributed by atoms with Gasteiger partial charge in [0.25, 0.3) is 5.91 Å². The third-order valence-corrected chi connectivity index (χ3v) is 4.80. The minimum atomic E-state index is -1.62. The molecule has 1 amide bonds. The van der Waals surface area contributed by atoms with Gasteiger partial charge in [-0.15, -0.1) is 0 Å². The van der Waals surface area contributed by atoms with E-state index in [2.05, 4.69) is 4.99 Å². The van der Waals surface area contributed by atoms with Crippen LogP contribution in [0.25, 0.3) is 0 Å². The SMILES string of the molecule is CC(C)(C)OC(=O)C(O)N1C(=O)[C@H]2N=C(COc3ccccc3)S[C@H]21. The minimum Gasteiger partial charge on any atom is -0.487 e. The largest absolute Gasteiger partial charge is 0.487 e. The Morgan fingerprint density at radius 2 is 2.04 bits per heavy atom. The highest BCUT2D eigenvalue weighted by molar-refractivity contribution is 8.15. The molecule has 2 heterocycles. The molecule has 0 spiro atoms. The summed E-state index contributed by atoms with van der Waals surface area (Å²) in [6.07, 6.45) is -1.62. The molecular formula is C17H20N2O5S. The van der Waals surface area contributed by atoms with E-state index < -0.39 is 29.2 Å². The lowest BCUT2D eigenvalue weighted by molar-refractivity contribution is -0.187. The average Bonchev–Trinajstić information content (AvgIpc) is 2.91. The Hall–Kier alpha value is -2.06. The number of aliphatic hydroxyl groups is 1. The molecule has 1 aromatic rings. The summed E-state index contributed by atoms with van der Waals surface area (Å²) in [6.45, 7) is 5.34. The zero-order chi connectivity index (χ0) is 18.2. The van der Waals surface area contributed by atoms with Gasteiger partial charge < -0.3 is 14.6 Å². The van der Waals surface area contributed by atoms with E-state index in [-0.39, 0.29) is 12.5 Å². The summed E-state index contributed by atoms with van der Waals surface area (Å²) in [5.41, 5.74) is -0.737. The maximum absolute atomic E-state index is 12.2. The second kappa shape index (κ2) is 6.68. The quantitative estimate of drug-likeness (QED) is 0.628. The topological polar surface area (TPSA) is 88.4 Å². The lowest BCUT2D eigenvalue weighted by Gasteiger charge is -2.43. The lowest BCUT2D eigenvalue weighted by atomic mass is 10.1. The van der Waals surface area contributed by atoms with Gasteiger partial charge in [-0.05, 0) is 32.9 Å². The predicted octanol–water partition coefficient (Wildman–Crippen LogP) is 1.41. The number of aliphatic hydroxyl groups excluding tert-OH is 1. The molecule has 134 valence electrons. The Balaban J connectivity index is 1.57. The van der Waals surface area contributed by atoms with Gasteiger partial charge in [0, 0.05) is 0 Å². The molecule has 8 heteroatoms. The van der Waals surface area contributed by atoms with Gasteiger partial charge in [0.2, 0.25) is 6.23 Å². The summed E-state index contributed by atoms with van der Waals surface area (Å²) in [5, 5.41) is 10.4. The van der Waals surface area contributed by atoms with Gasteiger partial charge >= 0.3 is 5.97 Å². The number of rotatable bonds is 5. The first-order valence-corrected chi connectivity index (χ1v) is 8.78. The number of ether oxygens (including phenoxy) is 2. The summed E-state index contributed by atoms with van der Waals surface area (Å²) in [6, 6.07) is 8.72. The summed E-state index contributed by atoms with van der Waals surface area (Å²) in [7, 11) is 0. The van der Waals surface area contributed by atoms with Gasteiger partial charge in [-0.1, -0.05) is 30.0 Å². The molecular weight excluding hydrogens is 344 g/mol. The molecule has 1 saturated heterocycles. The van der Waals surface area contributed by atoms with Crippen LogP contribution < -0.4 is 4.74 Å². The Kier molecular flexibility index (Phi) is 4.75. The van der Waals surface area contributed by atoms with Crippen LogP contribution in [0.2, 0.25) is 0 Å². The molecule has 1 fully saturated rings. The number of amides is 1. The number of hydrogen-bond donors (Lipinski definition) is 1. The van der Waals surface area contributed by atoms with E-state index in [4.69, 9.17) is 9.47 Å². The average molecular weight is 364 g/mol. The van der Waals surface area contributed by atoms with Crippen molar-refractivity contribution in [3.8, 4) is 5.75 Å². The number of likely N-dealkylation sites (tertiary alicyclic amines) is 1. The molecule has 1 aromatic carbocycles. The maximum atomic E-state index is 12.2. The smallest absolute Gasteiger partial charge is 0.357 e. The lowest BCUT2D eigenvalue weighted by Crippen LogP contribution is -2.66. The van der Waals surface area contributed by atoms with Crippen LogP contribution in [-0.4, -0.2) is 56.8 Å². The van der Waals surface area contributed by atoms with E-state index in [1.165, 1.54) is 11.8 Å². The number of aliphatic imine (C=N–C) groups is 1. The fourth-order valence-corrected chi connectivity index (χ4v) is 3.72. The maximum Gasteiger partial charge on any atom is 0.357 e. The predicted molar refractivity (Wildman–Crippen MR) is 93.2 cm³/mol. The van der Waals surface area contributed by atoms with Gasteiger partial charge in [-0.3, -0.25) is 14.7 Å². The number of nitrogens with zero attached hydrogens (tertiary/aromatic N) is 2. The summed E-state index contributed by atoms with van der Waals surface area (Å²) < 4.78 is 10.8. The van der Waals surface area contributed by atoms with Crippen molar-refractivity contribution in [3.63, 3.8) is 0 Å². The van der Waals surface area contributed by atoms with Crippen molar-refractivity contribution >= 4 is 28.7 Å². The van der Waals surface area contributed by atoms with Crippen LogP contribution in [-0.2, 0) is 14.3 Å². The first-order chi connectivity index (χ1) is 11.8. The van der Waals surface area contributed by atoms with Crippen molar-refractivity contribution < 1.29 is 24.2 Å². The molecule has 2 aliphatic heterocycles. The monoisotopic (exact) mass is 364 g/mol. The van der Waals surface area contributed by atoms with E-state index in [1.54, 1.807) is 20.8 Å². The number of β-lactam (4-membered cyclic amide) rings is 1. The number of hydrogen-bond acceptors (Lipinski definition) is 7. The normalized spacial score (nSPS) is 23.4. The highest BCUT2D eigenvalue weighted by Gasteiger charge is 2.56. The molecule has 0 aliphatic carbocycles. The highest BCUT2D eigenvalue weighted by atomic mass is 32.2. The molecule has 1 N–H and O–H groups in total. The Morgan fingerprint density at radius 1 is 1.36 bits per heavy atom. The van der Waals surface area contributed by atoms with Gasteiger partial charge in [-0.25, -0.2) is 4.79 Å². The number of esters is 1. The molecule has 3 atom stereocenters. The van der Waals surface area contributed by atoms with E-state index >= 15 is 0 Å². The summed E-state index contributed by atoms with van der Waals surface area (Å²) in [5.74, 6) is -0.513.